The number of anilines is 2. The van der Waals surface area contributed by atoms with Crippen molar-refractivity contribution in [3.63, 3.8) is 0 Å². The zero-order chi connectivity index (χ0) is 26.4. The van der Waals surface area contributed by atoms with Gasteiger partial charge in [0.05, 0.1) is 25.0 Å². The summed E-state index contributed by atoms with van der Waals surface area (Å²) in [6.07, 6.45) is 0. The summed E-state index contributed by atoms with van der Waals surface area (Å²) in [5, 5.41) is 3.17. The molecule has 1 N–H and O–H groups in total. The first kappa shape index (κ1) is 25.9. The van der Waals surface area contributed by atoms with Gasteiger partial charge in [-0.25, -0.2) is 9.18 Å². The maximum absolute atomic E-state index is 15.0. The van der Waals surface area contributed by atoms with Gasteiger partial charge in [-0.2, -0.15) is 5.48 Å². The molecule has 194 valence electrons. The minimum Gasteiger partial charge on any atom is -0.495 e. The van der Waals surface area contributed by atoms with E-state index in [1.807, 2.05) is 24.3 Å². The number of benzene rings is 3. The topological polar surface area (TPSA) is 74.4 Å². The third-order valence-corrected chi connectivity index (χ3v) is 6.29. The number of halogens is 2. The molecule has 3 aromatic carbocycles. The van der Waals surface area contributed by atoms with Crippen molar-refractivity contribution in [3.8, 4) is 5.75 Å². The van der Waals surface area contributed by atoms with Crippen molar-refractivity contribution in [1.29, 1.82) is 0 Å². The van der Waals surface area contributed by atoms with Crippen molar-refractivity contribution < 1.29 is 28.3 Å². The smallest absolute Gasteiger partial charge is 0.325 e. The Morgan fingerprint density at radius 2 is 1.70 bits per heavy atom. The highest BCUT2D eigenvalue weighted by atomic mass is 19.3. The summed E-state index contributed by atoms with van der Waals surface area (Å²) >= 11 is 0. The highest BCUT2D eigenvalue weighted by molar-refractivity contribution is 5.94. The van der Waals surface area contributed by atoms with Gasteiger partial charge in [-0.1, -0.05) is 35.4 Å². The molecule has 1 fully saturated rings. The number of ether oxygens (including phenoxy) is 1. The number of nitrogens with one attached hydrogen (secondary N) is 1. The van der Waals surface area contributed by atoms with E-state index >= 15 is 4.39 Å². The number of amides is 3. The van der Waals surface area contributed by atoms with Crippen LogP contribution in [0.3, 0.4) is 0 Å². The van der Waals surface area contributed by atoms with Crippen LogP contribution in [0.1, 0.15) is 21.5 Å². The molecule has 37 heavy (non-hydrogen) atoms. The predicted molar refractivity (Wildman–Crippen MR) is 136 cm³/mol. The molecule has 0 radical (unpaired) electrons. The fourth-order valence-electron chi connectivity index (χ4n) is 4.33. The van der Waals surface area contributed by atoms with Crippen molar-refractivity contribution in [1.82, 2.24) is 10.4 Å². The highest BCUT2D eigenvalue weighted by Crippen LogP contribution is 2.29. The molecule has 1 saturated heterocycles. The molecule has 1 aliphatic rings. The first-order valence-corrected chi connectivity index (χ1v) is 11.8. The normalized spacial score (nSPS) is 13.3. The Balaban J connectivity index is 1.53. The average Bonchev–Trinajstić information content (AvgIpc) is 2.92. The monoisotopic (exact) mass is 510 g/mol. The Hall–Kier alpha value is -4.18. The van der Waals surface area contributed by atoms with Gasteiger partial charge >= 0.3 is 6.03 Å². The quantitative estimate of drug-likeness (QED) is 0.469. The molecule has 0 aliphatic carbocycles. The van der Waals surface area contributed by atoms with Gasteiger partial charge < -0.3 is 14.5 Å². The third-order valence-electron chi connectivity index (χ3n) is 6.29. The van der Waals surface area contributed by atoms with Crippen molar-refractivity contribution in [2.75, 3.05) is 43.1 Å². The number of methoxy groups -OCH3 is 1. The van der Waals surface area contributed by atoms with Gasteiger partial charge in [-0.05, 0) is 59.0 Å². The number of rotatable bonds is 7. The number of urea groups is 1. The van der Waals surface area contributed by atoms with Crippen LogP contribution in [-0.2, 0) is 11.6 Å². The second-order valence-electron chi connectivity index (χ2n) is 8.67. The second-order valence-corrected chi connectivity index (χ2v) is 8.67. The standard InChI is InChI=1S/C27H28F2N4O4/c1-19-7-12-23(22(28)17-19)33(18-20-8-10-21(11-9-20)26(34)30-37-29)27(35)32-15-13-31(14-16-32)24-5-3-4-6-25(24)36-2/h3-12,17H,13-16,18H2,1-2H3,(H,30,34). The Morgan fingerprint density at radius 1 is 1.00 bits per heavy atom. The minimum absolute atomic E-state index is 0.0764. The van der Waals surface area contributed by atoms with Crippen molar-refractivity contribution in [2.45, 2.75) is 13.5 Å². The zero-order valence-corrected chi connectivity index (χ0v) is 20.6. The van der Waals surface area contributed by atoms with Crippen LogP contribution in [0.25, 0.3) is 0 Å². The average molecular weight is 511 g/mol. The van der Waals surface area contributed by atoms with Crippen LogP contribution in [-0.4, -0.2) is 50.1 Å². The van der Waals surface area contributed by atoms with Gasteiger partial charge in [0.25, 0.3) is 5.91 Å². The van der Waals surface area contributed by atoms with Crippen LogP contribution in [0.2, 0.25) is 0 Å². The van der Waals surface area contributed by atoms with Gasteiger partial charge in [0.2, 0.25) is 0 Å². The number of para-hydroxylation sites is 2. The number of hydrogen-bond acceptors (Lipinski definition) is 5. The molecule has 0 bridgehead atoms. The summed E-state index contributed by atoms with van der Waals surface area (Å²) in [4.78, 5) is 30.7. The highest BCUT2D eigenvalue weighted by Gasteiger charge is 2.29. The molecule has 0 atom stereocenters. The van der Waals surface area contributed by atoms with E-state index in [2.05, 4.69) is 9.94 Å². The van der Waals surface area contributed by atoms with Crippen LogP contribution in [0.15, 0.2) is 66.7 Å². The molecule has 8 nitrogen and oxygen atoms in total. The molecule has 0 aromatic heterocycles. The number of nitrogens with zero attached hydrogens (tertiary/aromatic N) is 3. The van der Waals surface area contributed by atoms with Gasteiger partial charge in [0.15, 0.2) is 0 Å². The Labute approximate surface area is 213 Å². The molecular weight excluding hydrogens is 482 g/mol. The van der Waals surface area contributed by atoms with Crippen molar-refractivity contribution in [3.05, 3.63) is 89.2 Å². The first-order chi connectivity index (χ1) is 17.9. The molecular formula is C27H28F2N4O4. The van der Waals surface area contributed by atoms with Gasteiger partial charge in [-0.15, -0.1) is 0 Å². The summed E-state index contributed by atoms with van der Waals surface area (Å²) in [5.74, 6) is -0.489. The van der Waals surface area contributed by atoms with E-state index in [1.54, 1.807) is 48.7 Å². The van der Waals surface area contributed by atoms with Crippen LogP contribution in [0, 0.1) is 12.7 Å². The summed E-state index contributed by atoms with van der Waals surface area (Å²) in [7, 11) is 1.63. The van der Waals surface area contributed by atoms with E-state index in [4.69, 9.17) is 4.74 Å². The molecule has 4 rings (SSSR count). The lowest BCUT2D eigenvalue weighted by Gasteiger charge is -2.39. The Morgan fingerprint density at radius 3 is 2.35 bits per heavy atom. The molecule has 0 unspecified atom stereocenters. The fourth-order valence-corrected chi connectivity index (χ4v) is 4.33. The lowest BCUT2D eigenvalue weighted by Crippen LogP contribution is -2.53. The van der Waals surface area contributed by atoms with E-state index in [-0.39, 0.29) is 23.8 Å². The van der Waals surface area contributed by atoms with Gasteiger partial charge in [0.1, 0.15) is 11.6 Å². The molecule has 1 aliphatic heterocycles. The van der Waals surface area contributed by atoms with Gasteiger partial charge in [-0.3, -0.25) is 9.69 Å². The van der Waals surface area contributed by atoms with E-state index in [0.29, 0.717) is 31.7 Å². The van der Waals surface area contributed by atoms with Crippen molar-refractivity contribution in [2.24, 2.45) is 0 Å². The molecule has 10 heteroatoms. The molecule has 3 amide bonds. The molecule has 3 aromatic rings. The number of hydrogen-bond donors (Lipinski definition) is 1. The molecule has 0 saturated carbocycles. The van der Waals surface area contributed by atoms with E-state index in [9.17, 15) is 14.1 Å². The molecule has 1 heterocycles. The summed E-state index contributed by atoms with van der Waals surface area (Å²) in [5.41, 5.74) is 4.31. The number of piperazine rings is 1. The Bertz CT molecular complexity index is 1250. The number of aryl methyl sites for hydroxylation is 1. The number of hydroxylamine groups is 1. The van der Waals surface area contributed by atoms with E-state index in [0.717, 1.165) is 17.0 Å². The van der Waals surface area contributed by atoms with Crippen LogP contribution >= 0.6 is 0 Å². The maximum Gasteiger partial charge on any atom is 0.325 e. The minimum atomic E-state index is -0.750. The van der Waals surface area contributed by atoms with Crippen LogP contribution < -0.4 is 20.0 Å². The number of carbonyl (C=O) groups excluding carboxylic acids is 2. The van der Waals surface area contributed by atoms with E-state index in [1.165, 1.54) is 23.1 Å². The van der Waals surface area contributed by atoms with Gasteiger partial charge in [0, 0.05) is 31.7 Å². The lowest BCUT2D eigenvalue weighted by molar-refractivity contribution is -0.176. The van der Waals surface area contributed by atoms with Crippen molar-refractivity contribution >= 4 is 23.3 Å². The zero-order valence-electron chi connectivity index (χ0n) is 20.6. The van der Waals surface area contributed by atoms with Crippen LogP contribution in [0.4, 0.5) is 25.1 Å². The lowest BCUT2D eigenvalue weighted by atomic mass is 10.1. The second kappa shape index (κ2) is 11.7. The predicted octanol–water partition coefficient (Wildman–Crippen LogP) is 4.64. The largest absolute Gasteiger partial charge is 0.495 e. The summed E-state index contributed by atoms with van der Waals surface area (Å²) in [6.45, 7) is 3.94. The Kier molecular flexibility index (Phi) is 8.19. The maximum atomic E-state index is 15.0. The van der Waals surface area contributed by atoms with E-state index < -0.39 is 11.7 Å². The first-order valence-electron chi connectivity index (χ1n) is 11.8. The SMILES string of the molecule is COc1ccccc1N1CCN(C(=O)N(Cc2ccc(C(=O)NOF)cc2)c2ccc(C)cc2F)CC1. The summed E-state index contributed by atoms with van der Waals surface area (Å²) < 4.78 is 32.4. The van der Waals surface area contributed by atoms with Crippen LogP contribution in [0.5, 0.6) is 5.75 Å². The summed E-state index contributed by atoms with van der Waals surface area (Å²) in [6, 6.07) is 18.3. The third kappa shape index (κ3) is 5.97. The number of carbonyl (C=O) groups is 2. The molecule has 0 spiro atoms. The fraction of sp³-hybridized carbons (Fsp3) is 0.259.